The fourth-order valence-electron chi connectivity index (χ4n) is 2.54. The molecule has 1 N–H and O–H groups in total. The lowest BCUT2D eigenvalue weighted by atomic mass is 9.98. The van der Waals surface area contributed by atoms with Crippen molar-refractivity contribution in [3.8, 4) is 0 Å². The van der Waals surface area contributed by atoms with Gasteiger partial charge in [-0.25, -0.2) is 0 Å². The maximum Gasteiger partial charge on any atom is 0.0236 e. The fraction of sp³-hybridized carbons (Fsp3) is 0.571. The van der Waals surface area contributed by atoms with Crippen LogP contribution in [0.25, 0.3) is 0 Å². The van der Waals surface area contributed by atoms with Crippen LogP contribution in [0.15, 0.2) is 28.7 Å². The highest BCUT2D eigenvalue weighted by Gasteiger charge is 2.24. The molecule has 2 unspecified atom stereocenters. The molecule has 1 saturated heterocycles. The van der Waals surface area contributed by atoms with E-state index in [1.165, 1.54) is 24.9 Å². The summed E-state index contributed by atoms with van der Waals surface area (Å²) in [5, 5.41) is 3.39. The highest BCUT2D eigenvalue weighted by atomic mass is 79.9. The van der Waals surface area contributed by atoms with Gasteiger partial charge in [0.25, 0.3) is 0 Å². The molecule has 0 radical (unpaired) electrons. The summed E-state index contributed by atoms with van der Waals surface area (Å²) in [6.07, 6.45) is 2.52. The third-order valence-corrected chi connectivity index (χ3v) is 4.25. The number of hydrogen-bond donors (Lipinski definition) is 1. The zero-order valence-electron chi connectivity index (χ0n) is 10.6. The first kappa shape index (κ1) is 13.1. The minimum Gasteiger partial charge on any atom is -0.317 e. The van der Waals surface area contributed by atoms with Crippen molar-refractivity contribution in [1.82, 2.24) is 10.2 Å². The Bertz CT molecular complexity index is 350. The summed E-state index contributed by atoms with van der Waals surface area (Å²) >= 11 is 3.48. The van der Waals surface area contributed by atoms with Gasteiger partial charge in [0.1, 0.15) is 0 Å². The number of benzene rings is 1. The highest BCUT2D eigenvalue weighted by Crippen LogP contribution is 2.20. The summed E-state index contributed by atoms with van der Waals surface area (Å²) in [5.41, 5.74) is 1.41. The van der Waals surface area contributed by atoms with Crippen LogP contribution in [-0.4, -0.2) is 30.6 Å². The lowest BCUT2D eigenvalue weighted by Gasteiger charge is -2.37. The van der Waals surface area contributed by atoms with E-state index in [2.05, 4.69) is 64.4 Å². The van der Waals surface area contributed by atoms with E-state index in [0.717, 1.165) is 11.0 Å². The molecule has 94 valence electrons. The second kappa shape index (κ2) is 5.98. The minimum absolute atomic E-state index is 0.671. The lowest BCUT2D eigenvalue weighted by molar-refractivity contribution is 0.131. The van der Waals surface area contributed by atoms with Crippen LogP contribution in [0.1, 0.15) is 25.3 Å². The van der Waals surface area contributed by atoms with E-state index in [0.29, 0.717) is 12.1 Å². The van der Waals surface area contributed by atoms with E-state index < -0.39 is 0 Å². The predicted molar refractivity (Wildman–Crippen MR) is 76.1 cm³/mol. The first-order chi connectivity index (χ1) is 8.19. The molecule has 0 aromatic heterocycles. The van der Waals surface area contributed by atoms with E-state index >= 15 is 0 Å². The van der Waals surface area contributed by atoms with Crippen molar-refractivity contribution >= 4 is 15.9 Å². The summed E-state index contributed by atoms with van der Waals surface area (Å²) < 4.78 is 1.16. The third-order valence-electron chi connectivity index (χ3n) is 3.72. The fourth-order valence-corrected chi connectivity index (χ4v) is 2.81. The van der Waals surface area contributed by atoms with Crippen molar-refractivity contribution in [1.29, 1.82) is 0 Å². The van der Waals surface area contributed by atoms with Crippen LogP contribution in [0, 0.1) is 0 Å². The topological polar surface area (TPSA) is 15.3 Å². The smallest absolute Gasteiger partial charge is 0.0236 e. The van der Waals surface area contributed by atoms with Crippen molar-refractivity contribution < 1.29 is 0 Å². The van der Waals surface area contributed by atoms with Gasteiger partial charge in [-0.2, -0.15) is 0 Å². The second-order valence-electron chi connectivity index (χ2n) is 4.96. The van der Waals surface area contributed by atoms with Crippen LogP contribution in [-0.2, 0) is 6.54 Å². The van der Waals surface area contributed by atoms with Crippen molar-refractivity contribution in [2.24, 2.45) is 0 Å². The Hall–Kier alpha value is -0.380. The summed E-state index contributed by atoms with van der Waals surface area (Å²) in [6.45, 7) is 4.61. The highest BCUT2D eigenvalue weighted by molar-refractivity contribution is 9.10. The zero-order valence-corrected chi connectivity index (χ0v) is 12.2. The van der Waals surface area contributed by atoms with Gasteiger partial charge in [0, 0.05) is 29.6 Å². The molecule has 0 spiro atoms. The molecule has 1 aliphatic heterocycles. The standard InChI is InChI=1S/C14H21BrN2/c1-11-9-14(16-2)7-8-17(11)10-12-3-5-13(15)6-4-12/h3-6,11,14,16H,7-10H2,1-2H3. The molecule has 2 atom stereocenters. The summed E-state index contributed by atoms with van der Waals surface area (Å²) in [6, 6.07) is 10.0. The Morgan fingerprint density at radius 1 is 1.35 bits per heavy atom. The molecule has 1 aliphatic rings. The van der Waals surface area contributed by atoms with E-state index in [9.17, 15) is 0 Å². The van der Waals surface area contributed by atoms with Crippen molar-refractivity contribution in [3.05, 3.63) is 34.3 Å². The molecule has 0 aliphatic carbocycles. The molecule has 1 aromatic carbocycles. The summed E-state index contributed by atoms with van der Waals surface area (Å²) in [4.78, 5) is 2.58. The molecule has 1 fully saturated rings. The van der Waals surface area contributed by atoms with E-state index in [4.69, 9.17) is 0 Å². The molecular formula is C14H21BrN2. The molecule has 3 heteroatoms. The van der Waals surface area contributed by atoms with Crippen molar-refractivity contribution in [2.75, 3.05) is 13.6 Å². The number of rotatable bonds is 3. The van der Waals surface area contributed by atoms with Gasteiger partial charge in [-0.05, 0) is 44.5 Å². The Labute approximate surface area is 113 Å². The van der Waals surface area contributed by atoms with Gasteiger partial charge in [0.05, 0.1) is 0 Å². The lowest BCUT2D eigenvalue weighted by Crippen LogP contribution is -2.46. The van der Waals surface area contributed by atoms with Gasteiger partial charge in [-0.1, -0.05) is 28.1 Å². The van der Waals surface area contributed by atoms with E-state index in [1.807, 2.05) is 0 Å². The van der Waals surface area contributed by atoms with Gasteiger partial charge >= 0.3 is 0 Å². The maximum absolute atomic E-state index is 3.48. The molecule has 2 nitrogen and oxygen atoms in total. The van der Waals surface area contributed by atoms with Crippen LogP contribution in [0.3, 0.4) is 0 Å². The van der Waals surface area contributed by atoms with E-state index in [-0.39, 0.29) is 0 Å². The number of nitrogens with zero attached hydrogens (tertiary/aromatic N) is 1. The first-order valence-corrected chi connectivity index (χ1v) is 7.14. The molecule has 1 aromatic rings. The maximum atomic E-state index is 3.48. The van der Waals surface area contributed by atoms with Crippen LogP contribution < -0.4 is 5.32 Å². The number of nitrogens with one attached hydrogen (secondary N) is 1. The molecular weight excluding hydrogens is 276 g/mol. The minimum atomic E-state index is 0.671. The predicted octanol–water partition coefficient (Wildman–Crippen LogP) is 3.02. The van der Waals surface area contributed by atoms with Gasteiger partial charge in [-0.3, -0.25) is 4.90 Å². The van der Waals surface area contributed by atoms with Gasteiger partial charge in [0.15, 0.2) is 0 Å². The number of hydrogen-bond acceptors (Lipinski definition) is 2. The molecule has 0 saturated carbocycles. The average Bonchev–Trinajstić information content (AvgIpc) is 2.34. The number of halogens is 1. The Kier molecular flexibility index (Phi) is 4.60. The zero-order chi connectivity index (χ0) is 12.3. The molecule has 1 heterocycles. The van der Waals surface area contributed by atoms with Gasteiger partial charge < -0.3 is 5.32 Å². The van der Waals surface area contributed by atoms with Crippen LogP contribution >= 0.6 is 15.9 Å². The monoisotopic (exact) mass is 296 g/mol. The molecule has 17 heavy (non-hydrogen) atoms. The molecule has 0 bridgehead atoms. The average molecular weight is 297 g/mol. The summed E-state index contributed by atoms with van der Waals surface area (Å²) in [7, 11) is 2.07. The van der Waals surface area contributed by atoms with Gasteiger partial charge in [-0.15, -0.1) is 0 Å². The van der Waals surface area contributed by atoms with Crippen molar-refractivity contribution in [2.45, 2.75) is 38.4 Å². The normalized spacial score (nSPS) is 26.1. The van der Waals surface area contributed by atoms with Crippen LogP contribution in [0.5, 0.6) is 0 Å². The van der Waals surface area contributed by atoms with Crippen LogP contribution in [0.2, 0.25) is 0 Å². The quantitative estimate of drug-likeness (QED) is 0.922. The van der Waals surface area contributed by atoms with E-state index in [1.54, 1.807) is 0 Å². The third kappa shape index (κ3) is 3.54. The molecule has 2 rings (SSSR count). The van der Waals surface area contributed by atoms with Crippen molar-refractivity contribution in [3.63, 3.8) is 0 Å². The SMILES string of the molecule is CNC1CCN(Cc2ccc(Br)cc2)C(C)C1. The largest absolute Gasteiger partial charge is 0.317 e. The van der Waals surface area contributed by atoms with Gasteiger partial charge in [0.2, 0.25) is 0 Å². The Balaban J connectivity index is 1.93. The number of piperidine rings is 1. The Morgan fingerprint density at radius 3 is 2.65 bits per heavy atom. The number of likely N-dealkylation sites (tertiary alicyclic amines) is 1. The first-order valence-electron chi connectivity index (χ1n) is 6.35. The van der Waals surface area contributed by atoms with Crippen LogP contribution in [0.4, 0.5) is 0 Å². The summed E-state index contributed by atoms with van der Waals surface area (Å²) in [5.74, 6) is 0. The second-order valence-corrected chi connectivity index (χ2v) is 5.87. The Morgan fingerprint density at radius 2 is 2.06 bits per heavy atom. The molecule has 0 amide bonds.